The van der Waals surface area contributed by atoms with Crippen LogP contribution < -0.4 is 10.9 Å². The normalized spacial score (nSPS) is 14.5. The molecule has 0 aliphatic heterocycles. The summed E-state index contributed by atoms with van der Waals surface area (Å²) in [7, 11) is 1.61. The molecule has 2 heterocycles. The largest absolute Gasteiger partial charge is 0.343 e. The van der Waals surface area contributed by atoms with Crippen LogP contribution in [0.3, 0.4) is 0 Å². The number of nitrogens with zero attached hydrogens (tertiary/aromatic N) is 3. The molecule has 3 aromatic rings. The van der Waals surface area contributed by atoms with Crippen molar-refractivity contribution in [3.63, 3.8) is 0 Å². The number of hydrogen-bond acceptors (Lipinski definition) is 4. The molecule has 1 N–H and O–H groups in total. The number of nitrogens with one attached hydrogen (secondary N) is 1. The van der Waals surface area contributed by atoms with Gasteiger partial charge in [0.1, 0.15) is 0 Å². The van der Waals surface area contributed by atoms with Gasteiger partial charge in [-0.25, -0.2) is 4.68 Å². The van der Waals surface area contributed by atoms with Crippen LogP contribution in [-0.2, 0) is 7.05 Å². The lowest BCUT2D eigenvalue weighted by Gasteiger charge is -2.18. The highest BCUT2D eigenvalue weighted by molar-refractivity contribution is 5.95. The van der Waals surface area contributed by atoms with Crippen LogP contribution >= 0.6 is 0 Å². The number of aromatic nitrogens is 3. The Balaban J connectivity index is 1.59. The van der Waals surface area contributed by atoms with Gasteiger partial charge in [0.05, 0.1) is 17.4 Å². The summed E-state index contributed by atoms with van der Waals surface area (Å²) in [6, 6.07) is 14.4. The van der Waals surface area contributed by atoms with E-state index < -0.39 is 0 Å². The number of carbonyl (C=O) groups excluding carboxylic acids is 1. The topological polar surface area (TPSA) is 76.9 Å². The number of hydrogen-bond donors (Lipinski definition) is 1. The fourth-order valence-electron chi connectivity index (χ4n) is 3.29. The van der Waals surface area contributed by atoms with E-state index in [1.807, 2.05) is 31.2 Å². The molecule has 1 amide bonds. The number of pyridine rings is 1. The summed E-state index contributed by atoms with van der Waals surface area (Å²) >= 11 is 0. The van der Waals surface area contributed by atoms with Crippen molar-refractivity contribution in [1.82, 2.24) is 20.1 Å². The quantitative estimate of drug-likeness (QED) is 0.745. The molecule has 0 radical (unpaired) electrons. The molecule has 0 bridgehead atoms. The fraction of sp³-hybridized carbons (Fsp3) is 0.273. The van der Waals surface area contributed by atoms with Gasteiger partial charge >= 0.3 is 0 Å². The van der Waals surface area contributed by atoms with Gasteiger partial charge in [-0.05, 0) is 61.6 Å². The summed E-state index contributed by atoms with van der Waals surface area (Å²) in [5.41, 5.74) is 3.87. The Kier molecular flexibility index (Phi) is 4.77. The monoisotopic (exact) mass is 374 g/mol. The molecule has 142 valence electrons. The van der Waals surface area contributed by atoms with Crippen LogP contribution in [-0.4, -0.2) is 20.7 Å². The Morgan fingerprint density at radius 1 is 1.18 bits per heavy atom. The predicted octanol–water partition coefficient (Wildman–Crippen LogP) is 3.03. The Morgan fingerprint density at radius 2 is 2.00 bits per heavy atom. The molecule has 0 spiro atoms. The molecule has 6 nitrogen and oxygen atoms in total. The molecule has 2 aromatic heterocycles. The van der Waals surface area contributed by atoms with Crippen LogP contribution in [0, 0.1) is 12.8 Å². The van der Waals surface area contributed by atoms with E-state index in [0.717, 1.165) is 29.7 Å². The molecule has 1 fully saturated rings. The summed E-state index contributed by atoms with van der Waals surface area (Å²) in [5.74, 6) is 0.304. The number of amides is 1. The van der Waals surface area contributed by atoms with E-state index in [-0.39, 0.29) is 17.5 Å². The standard InChI is InChI=1S/C22H22N4O2/c1-14-10-11-23-19(12-14)21(15-6-7-15)24-22(28)17-5-3-4-16(13-17)18-8-9-20(27)26(2)25-18/h3-5,8-13,15,21H,6-7H2,1-2H3,(H,24,28). The van der Waals surface area contributed by atoms with Gasteiger partial charge in [0.15, 0.2) is 0 Å². The third-order valence-electron chi connectivity index (χ3n) is 5.02. The highest BCUT2D eigenvalue weighted by atomic mass is 16.1. The average Bonchev–Trinajstić information content (AvgIpc) is 3.53. The highest BCUT2D eigenvalue weighted by Gasteiger charge is 2.34. The van der Waals surface area contributed by atoms with Gasteiger partial charge in [-0.1, -0.05) is 12.1 Å². The molecule has 1 aliphatic rings. The van der Waals surface area contributed by atoms with Crippen LogP contribution in [0.15, 0.2) is 59.5 Å². The number of benzene rings is 1. The van der Waals surface area contributed by atoms with E-state index in [0.29, 0.717) is 17.2 Å². The van der Waals surface area contributed by atoms with Crippen molar-refractivity contribution < 1.29 is 4.79 Å². The van der Waals surface area contributed by atoms with Gasteiger partial charge in [-0.2, -0.15) is 5.10 Å². The molecule has 4 rings (SSSR count). The van der Waals surface area contributed by atoms with Crippen molar-refractivity contribution >= 4 is 5.91 Å². The average molecular weight is 374 g/mol. The second-order valence-electron chi connectivity index (χ2n) is 7.31. The summed E-state index contributed by atoms with van der Waals surface area (Å²) in [6.07, 6.45) is 3.99. The molecule has 28 heavy (non-hydrogen) atoms. The van der Waals surface area contributed by atoms with Gasteiger partial charge in [-0.15, -0.1) is 0 Å². The Hall–Kier alpha value is -3.28. The van der Waals surface area contributed by atoms with Crippen LogP contribution in [0.4, 0.5) is 0 Å². The minimum atomic E-state index is -0.171. The zero-order valence-corrected chi connectivity index (χ0v) is 15.9. The van der Waals surface area contributed by atoms with Crippen molar-refractivity contribution in [3.8, 4) is 11.3 Å². The first-order chi connectivity index (χ1) is 13.5. The third kappa shape index (κ3) is 3.86. The molecule has 6 heteroatoms. The maximum atomic E-state index is 12.9. The summed E-state index contributed by atoms with van der Waals surface area (Å²) in [5, 5.41) is 7.42. The van der Waals surface area contributed by atoms with E-state index >= 15 is 0 Å². The van der Waals surface area contributed by atoms with Crippen molar-refractivity contribution in [3.05, 3.63) is 81.9 Å². The van der Waals surface area contributed by atoms with E-state index in [1.165, 1.54) is 10.7 Å². The maximum Gasteiger partial charge on any atom is 0.266 e. The molecule has 1 aromatic carbocycles. The van der Waals surface area contributed by atoms with Gasteiger partial charge in [0, 0.05) is 30.4 Å². The zero-order valence-electron chi connectivity index (χ0n) is 15.9. The first-order valence-electron chi connectivity index (χ1n) is 9.39. The summed E-state index contributed by atoms with van der Waals surface area (Å²) in [6.45, 7) is 2.03. The van der Waals surface area contributed by atoms with Crippen LogP contribution in [0.25, 0.3) is 11.3 Å². The van der Waals surface area contributed by atoms with E-state index in [4.69, 9.17) is 0 Å². The molecule has 0 saturated heterocycles. The lowest BCUT2D eigenvalue weighted by molar-refractivity contribution is 0.0930. The smallest absolute Gasteiger partial charge is 0.266 e. The lowest BCUT2D eigenvalue weighted by atomic mass is 10.0. The van der Waals surface area contributed by atoms with Gasteiger partial charge < -0.3 is 5.32 Å². The van der Waals surface area contributed by atoms with Crippen molar-refractivity contribution in [1.29, 1.82) is 0 Å². The van der Waals surface area contributed by atoms with E-state index in [9.17, 15) is 9.59 Å². The second kappa shape index (κ2) is 7.38. The van der Waals surface area contributed by atoms with Crippen LogP contribution in [0.1, 0.15) is 40.5 Å². The van der Waals surface area contributed by atoms with E-state index in [1.54, 1.807) is 31.4 Å². The van der Waals surface area contributed by atoms with Gasteiger partial charge in [0.25, 0.3) is 11.5 Å². The molecule has 1 aliphatic carbocycles. The van der Waals surface area contributed by atoms with E-state index in [2.05, 4.69) is 15.4 Å². The van der Waals surface area contributed by atoms with Crippen molar-refractivity contribution in [2.24, 2.45) is 13.0 Å². The molecular weight excluding hydrogens is 352 g/mol. The lowest BCUT2D eigenvalue weighted by Crippen LogP contribution is -2.30. The Bertz CT molecular complexity index is 1090. The molecule has 1 saturated carbocycles. The third-order valence-corrected chi connectivity index (χ3v) is 5.02. The zero-order chi connectivity index (χ0) is 19.7. The minimum absolute atomic E-state index is 0.0771. The SMILES string of the molecule is Cc1ccnc(C(NC(=O)c2cccc(-c3ccc(=O)n(C)n3)c2)C2CC2)c1. The fourth-order valence-corrected chi connectivity index (χ4v) is 3.29. The highest BCUT2D eigenvalue weighted by Crippen LogP contribution is 2.40. The van der Waals surface area contributed by atoms with Gasteiger partial charge in [-0.3, -0.25) is 14.6 Å². The predicted molar refractivity (Wildman–Crippen MR) is 107 cm³/mol. The van der Waals surface area contributed by atoms with Gasteiger partial charge in [0.2, 0.25) is 0 Å². The number of rotatable bonds is 5. The second-order valence-corrected chi connectivity index (χ2v) is 7.31. The Labute approximate surface area is 163 Å². The Morgan fingerprint density at radius 3 is 2.71 bits per heavy atom. The first kappa shape index (κ1) is 18.1. The van der Waals surface area contributed by atoms with Crippen LogP contribution in [0.2, 0.25) is 0 Å². The maximum absolute atomic E-state index is 12.9. The summed E-state index contributed by atoms with van der Waals surface area (Å²) < 4.78 is 1.29. The molecule has 1 unspecified atom stereocenters. The number of carbonyl (C=O) groups is 1. The van der Waals surface area contributed by atoms with Crippen LogP contribution in [0.5, 0.6) is 0 Å². The summed E-state index contributed by atoms with van der Waals surface area (Å²) in [4.78, 5) is 29.0. The van der Waals surface area contributed by atoms with Crippen molar-refractivity contribution in [2.45, 2.75) is 25.8 Å². The first-order valence-corrected chi connectivity index (χ1v) is 9.39. The minimum Gasteiger partial charge on any atom is -0.343 e. The molecular formula is C22H22N4O2. The molecule has 1 atom stereocenters. The van der Waals surface area contributed by atoms with Crippen molar-refractivity contribution in [2.75, 3.05) is 0 Å². The number of aryl methyl sites for hydroxylation is 2.